The summed E-state index contributed by atoms with van der Waals surface area (Å²) in [5, 5.41) is 12.2. The van der Waals surface area contributed by atoms with Crippen LogP contribution < -0.4 is 0 Å². The first-order valence-corrected chi connectivity index (χ1v) is 8.53. The summed E-state index contributed by atoms with van der Waals surface area (Å²) < 4.78 is 0. The summed E-state index contributed by atoms with van der Waals surface area (Å²) in [5.74, 6) is -1.39. The van der Waals surface area contributed by atoms with Crippen molar-refractivity contribution in [3.8, 4) is 10.6 Å². The van der Waals surface area contributed by atoms with Crippen molar-refractivity contribution in [1.82, 2.24) is 9.88 Å². The standard InChI is InChI=1S/C15H12Cl2N2O3S/c16-8-1-4-10(11(17)5-8)14-18-12(7-23-14)15(22)19(6-13(20)21)9-2-3-9/h1,4-5,7,9H,2-3,6H2,(H,20,21). The summed E-state index contributed by atoms with van der Waals surface area (Å²) in [7, 11) is 0. The van der Waals surface area contributed by atoms with E-state index in [1.165, 1.54) is 16.2 Å². The molecule has 23 heavy (non-hydrogen) atoms. The highest BCUT2D eigenvalue weighted by atomic mass is 35.5. The highest BCUT2D eigenvalue weighted by Gasteiger charge is 2.35. The van der Waals surface area contributed by atoms with Gasteiger partial charge in [0.1, 0.15) is 17.2 Å². The van der Waals surface area contributed by atoms with Crippen molar-refractivity contribution in [3.63, 3.8) is 0 Å². The minimum absolute atomic E-state index is 0.00266. The summed E-state index contributed by atoms with van der Waals surface area (Å²) >= 11 is 13.3. The lowest BCUT2D eigenvalue weighted by Gasteiger charge is -2.18. The Balaban J connectivity index is 1.85. The summed E-state index contributed by atoms with van der Waals surface area (Å²) in [4.78, 5) is 29.1. The Labute approximate surface area is 146 Å². The molecule has 8 heteroatoms. The molecule has 1 saturated carbocycles. The quantitative estimate of drug-likeness (QED) is 0.868. The minimum atomic E-state index is -1.03. The van der Waals surface area contributed by atoms with Gasteiger partial charge >= 0.3 is 5.97 Å². The zero-order valence-corrected chi connectivity index (χ0v) is 14.2. The average Bonchev–Trinajstić information content (AvgIpc) is 3.21. The Kier molecular flexibility index (Phi) is 4.57. The molecule has 1 aromatic carbocycles. The zero-order valence-electron chi connectivity index (χ0n) is 11.8. The molecule has 120 valence electrons. The fraction of sp³-hybridized carbons (Fsp3) is 0.267. The SMILES string of the molecule is O=C(O)CN(C(=O)c1csc(-c2ccc(Cl)cc2Cl)n1)C1CC1. The van der Waals surface area contributed by atoms with E-state index >= 15 is 0 Å². The first kappa shape index (κ1) is 16.2. The van der Waals surface area contributed by atoms with Gasteiger partial charge in [0.05, 0.1) is 5.02 Å². The average molecular weight is 371 g/mol. The van der Waals surface area contributed by atoms with Crippen LogP contribution in [0.25, 0.3) is 10.6 Å². The molecule has 1 aliphatic carbocycles. The van der Waals surface area contributed by atoms with E-state index in [0.717, 1.165) is 12.8 Å². The number of halogens is 2. The fourth-order valence-electron chi connectivity index (χ4n) is 2.20. The van der Waals surface area contributed by atoms with E-state index in [9.17, 15) is 9.59 Å². The number of rotatable bonds is 5. The topological polar surface area (TPSA) is 70.5 Å². The molecule has 0 spiro atoms. The highest BCUT2D eigenvalue weighted by molar-refractivity contribution is 7.13. The van der Waals surface area contributed by atoms with Crippen molar-refractivity contribution in [2.24, 2.45) is 0 Å². The van der Waals surface area contributed by atoms with Gasteiger partial charge < -0.3 is 10.0 Å². The van der Waals surface area contributed by atoms with E-state index in [2.05, 4.69) is 4.98 Å². The monoisotopic (exact) mass is 370 g/mol. The van der Waals surface area contributed by atoms with E-state index in [1.54, 1.807) is 23.6 Å². The van der Waals surface area contributed by atoms with Crippen molar-refractivity contribution >= 4 is 46.4 Å². The number of carbonyl (C=O) groups is 2. The van der Waals surface area contributed by atoms with E-state index in [0.29, 0.717) is 20.6 Å². The molecule has 2 aromatic rings. The molecule has 1 aromatic heterocycles. The molecule has 0 atom stereocenters. The van der Waals surface area contributed by atoms with Crippen molar-refractivity contribution in [3.05, 3.63) is 39.3 Å². The third-order valence-electron chi connectivity index (χ3n) is 3.44. The lowest BCUT2D eigenvalue weighted by atomic mass is 10.2. The van der Waals surface area contributed by atoms with Crippen LogP contribution >= 0.6 is 34.5 Å². The minimum Gasteiger partial charge on any atom is -0.480 e. The predicted octanol–water partition coefficient (Wildman–Crippen LogP) is 3.81. The zero-order chi connectivity index (χ0) is 16.6. The molecule has 0 bridgehead atoms. The molecular formula is C15H12Cl2N2O3S. The molecule has 0 saturated heterocycles. The second-order valence-corrected chi connectivity index (χ2v) is 6.92. The number of nitrogens with zero attached hydrogens (tertiary/aromatic N) is 2. The maximum atomic E-state index is 12.5. The molecule has 0 aliphatic heterocycles. The normalized spacial score (nSPS) is 13.8. The van der Waals surface area contributed by atoms with Crippen LogP contribution in [-0.2, 0) is 4.79 Å². The van der Waals surface area contributed by atoms with Crippen LogP contribution in [-0.4, -0.2) is 39.5 Å². The smallest absolute Gasteiger partial charge is 0.323 e. The lowest BCUT2D eigenvalue weighted by molar-refractivity contribution is -0.137. The van der Waals surface area contributed by atoms with Gasteiger partial charge in [-0.1, -0.05) is 23.2 Å². The molecule has 1 aliphatic rings. The van der Waals surface area contributed by atoms with E-state index in [1.807, 2.05) is 0 Å². The van der Waals surface area contributed by atoms with Gasteiger partial charge in [0.2, 0.25) is 0 Å². The number of carboxylic acid groups (broad SMARTS) is 1. The van der Waals surface area contributed by atoms with Gasteiger partial charge in [-0.2, -0.15) is 0 Å². The summed E-state index contributed by atoms with van der Waals surface area (Å²) in [6, 6.07) is 5.06. The fourth-order valence-corrected chi connectivity index (χ4v) is 3.59. The molecule has 0 unspecified atom stereocenters. The number of thiazole rings is 1. The van der Waals surface area contributed by atoms with Crippen molar-refractivity contribution in [2.75, 3.05) is 6.54 Å². The Bertz CT molecular complexity index is 774. The van der Waals surface area contributed by atoms with Crippen LogP contribution in [0, 0.1) is 0 Å². The van der Waals surface area contributed by atoms with E-state index < -0.39 is 5.97 Å². The molecule has 1 N–H and O–H groups in total. The number of hydrogen-bond donors (Lipinski definition) is 1. The summed E-state index contributed by atoms with van der Waals surface area (Å²) in [6.07, 6.45) is 1.66. The number of aliphatic carboxylic acids is 1. The maximum absolute atomic E-state index is 12.5. The van der Waals surface area contributed by atoms with Crippen LogP contribution in [0.2, 0.25) is 10.0 Å². The predicted molar refractivity (Wildman–Crippen MR) is 89.3 cm³/mol. The third-order valence-corrected chi connectivity index (χ3v) is 4.86. The van der Waals surface area contributed by atoms with Crippen LogP contribution in [0.5, 0.6) is 0 Å². The van der Waals surface area contributed by atoms with Crippen molar-refractivity contribution < 1.29 is 14.7 Å². The summed E-state index contributed by atoms with van der Waals surface area (Å²) in [5.41, 5.74) is 0.931. The molecule has 5 nitrogen and oxygen atoms in total. The van der Waals surface area contributed by atoms with Gasteiger partial charge in [-0.05, 0) is 31.0 Å². The van der Waals surface area contributed by atoms with Crippen LogP contribution in [0.4, 0.5) is 0 Å². The molecule has 1 heterocycles. The second-order valence-electron chi connectivity index (χ2n) is 5.22. The number of amides is 1. The Morgan fingerprint density at radius 1 is 1.35 bits per heavy atom. The largest absolute Gasteiger partial charge is 0.480 e. The number of carboxylic acids is 1. The van der Waals surface area contributed by atoms with Gasteiger partial charge in [-0.15, -0.1) is 11.3 Å². The van der Waals surface area contributed by atoms with Crippen molar-refractivity contribution in [2.45, 2.75) is 18.9 Å². The first-order chi connectivity index (χ1) is 11.0. The van der Waals surface area contributed by atoms with Crippen LogP contribution in [0.15, 0.2) is 23.6 Å². The number of benzene rings is 1. The molecular weight excluding hydrogens is 359 g/mol. The van der Waals surface area contributed by atoms with Gasteiger partial charge in [-0.25, -0.2) is 4.98 Å². The van der Waals surface area contributed by atoms with Crippen LogP contribution in [0.3, 0.4) is 0 Å². The third kappa shape index (κ3) is 3.65. The second kappa shape index (κ2) is 6.47. The van der Waals surface area contributed by atoms with E-state index in [-0.39, 0.29) is 24.2 Å². The number of hydrogen-bond acceptors (Lipinski definition) is 4. The lowest BCUT2D eigenvalue weighted by Crippen LogP contribution is -2.37. The van der Waals surface area contributed by atoms with E-state index in [4.69, 9.17) is 28.3 Å². The van der Waals surface area contributed by atoms with Gasteiger partial charge in [0, 0.05) is 22.0 Å². The number of carbonyl (C=O) groups excluding carboxylic acids is 1. The highest BCUT2D eigenvalue weighted by Crippen LogP contribution is 2.33. The molecule has 1 amide bonds. The molecule has 1 fully saturated rings. The van der Waals surface area contributed by atoms with Gasteiger partial charge in [0.15, 0.2) is 0 Å². The Hall–Kier alpha value is -1.63. The molecule has 3 rings (SSSR count). The van der Waals surface area contributed by atoms with Crippen LogP contribution in [0.1, 0.15) is 23.3 Å². The Morgan fingerprint density at radius 2 is 2.09 bits per heavy atom. The van der Waals surface area contributed by atoms with Gasteiger partial charge in [-0.3, -0.25) is 9.59 Å². The molecule has 0 radical (unpaired) electrons. The number of aromatic nitrogens is 1. The van der Waals surface area contributed by atoms with Gasteiger partial charge in [0.25, 0.3) is 5.91 Å². The van der Waals surface area contributed by atoms with Crippen molar-refractivity contribution in [1.29, 1.82) is 0 Å². The maximum Gasteiger partial charge on any atom is 0.323 e. The summed E-state index contributed by atoms with van der Waals surface area (Å²) in [6.45, 7) is -0.307. The Morgan fingerprint density at radius 3 is 2.70 bits per heavy atom. The first-order valence-electron chi connectivity index (χ1n) is 6.89.